The van der Waals surface area contributed by atoms with E-state index < -0.39 is 0 Å². The first kappa shape index (κ1) is 18.3. The first-order chi connectivity index (χ1) is 11.9. The molecule has 1 heterocycles. The van der Waals surface area contributed by atoms with E-state index in [1.807, 2.05) is 36.1 Å². The Labute approximate surface area is 164 Å². The van der Waals surface area contributed by atoms with Crippen molar-refractivity contribution < 1.29 is 9.59 Å². The summed E-state index contributed by atoms with van der Waals surface area (Å²) in [6.07, 6.45) is 1.05. The van der Waals surface area contributed by atoms with Gasteiger partial charge in [-0.3, -0.25) is 9.59 Å². The fourth-order valence-corrected chi connectivity index (χ4v) is 4.13. The highest BCUT2D eigenvalue weighted by Gasteiger charge is 2.34. The van der Waals surface area contributed by atoms with Gasteiger partial charge in [-0.05, 0) is 49.2 Å². The molecule has 1 aliphatic rings. The van der Waals surface area contributed by atoms with Crippen LogP contribution in [0.4, 0.5) is 5.69 Å². The molecule has 0 fully saturated rings. The molecule has 1 amide bonds. The predicted molar refractivity (Wildman–Crippen MR) is 107 cm³/mol. The number of hydrogen-bond acceptors (Lipinski definition) is 2. The largest absolute Gasteiger partial charge is 0.309 e. The maximum absolute atomic E-state index is 13.0. The van der Waals surface area contributed by atoms with E-state index in [0.717, 1.165) is 21.1 Å². The molecule has 3 rings (SSSR count). The summed E-state index contributed by atoms with van der Waals surface area (Å²) in [5.74, 6) is -0.356. The lowest BCUT2D eigenvalue weighted by molar-refractivity contribution is -0.122. The van der Waals surface area contributed by atoms with Crippen molar-refractivity contribution in [3.63, 3.8) is 0 Å². The summed E-state index contributed by atoms with van der Waals surface area (Å²) in [4.78, 5) is 27.3. The lowest BCUT2D eigenvalue weighted by Gasteiger charge is -2.26. The Morgan fingerprint density at radius 1 is 1.16 bits per heavy atom. The fraction of sp³-hybridized carbons (Fsp3) is 0.300. The standard InChI is InChI=1S/C20H19Br2NO2/c1-12(8-19(24)14-4-3-5-16(21)10-14)20(25)23-13(2)9-15-11-17(22)6-7-18(15)23/h3-7,10-13H,8-9H2,1-2H3. The minimum atomic E-state index is -0.358. The van der Waals surface area contributed by atoms with Crippen molar-refractivity contribution >= 4 is 49.2 Å². The zero-order valence-electron chi connectivity index (χ0n) is 14.1. The molecule has 1 aliphatic heterocycles. The van der Waals surface area contributed by atoms with Gasteiger partial charge < -0.3 is 4.90 Å². The fourth-order valence-electron chi connectivity index (χ4n) is 3.32. The molecule has 0 N–H and O–H groups in total. The van der Waals surface area contributed by atoms with Gasteiger partial charge in [0.05, 0.1) is 0 Å². The number of carbonyl (C=O) groups excluding carboxylic acids is 2. The third-order valence-corrected chi connectivity index (χ3v) is 5.54. The molecule has 0 bridgehead atoms. The van der Waals surface area contributed by atoms with E-state index in [-0.39, 0.29) is 30.1 Å². The SMILES string of the molecule is CC(CC(=O)c1cccc(Br)c1)C(=O)N1c2ccc(Br)cc2CC1C. The van der Waals surface area contributed by atoms with Crippen molar-refractivity contribution in [2.24, 2.45) is 5.92 Å². The Hall–Kier alpha value is -1.46. The van der Waals surface area contributed by atoms with Crippen molar-refractivity contribution in [2.75, 3.05) is 4.90 Å². The van der Waals surface area contributed by atoms with Crippen LogP contribution < -0.4 is 4.90 Å². The quantitative estimate of drug-likeness (QED) is 0.568. The normalized spacial score (nSPS) is 17.3. The molecular weight excluding hydrogens is 446 g/mol. The molecule has 5 heteroatoms. The summed E-state index contributed by atoms with van der Waals surface area (Å²) in [6, 6.07) is 13.4. The Balaban J connectivity index is 1.76. The second kappa shape index (κ2) is 7.42. The van der Waals surface area contributed by atoms with Crippen molar-refractivity contribution in [3.8, 4) is 0 Å². The number of Topliss-reactive ketones (excluding diaryl/α,β-unsaturated/α-hetero) is 1. The van der Waals surface area contributed by atoms with Crippen LogP contribution in [0.3, 0.4) is 0 Å². The van der Waals surface area contributed by atoms with Gasteiger partial charge in [0, 0.05) is 38.6 Å². The van der Waals surface area contributed by atoms with E-state index in [9.17, 15) is 9.59 Å². The van der Waals surface area contributed by atoms with E-state index in [2.05, 4.69) is 44.8 Å². The molecule has 0 radical (unpaired) electrons. The third kappa shape index (κ3) is 3.87. The summed E-state index contributed by atoms with van der Waals surface area (Å²) in [5.41, 5.74) is 2.76. The Morgan fingerprint density at radius 3 is 2.60 bits per heavy atom. The van der Waals surface area contributed by atoms with E-state index in [1.54, 1.807) is 12.1 Å². The molecule has 2 atom stereocenters. The number of hydrogen-bond donors (Lipinski definition) is 0. The van der Waals surface area contributed by atoms with Crippen LogP contribution in [0, 0.1) is 5.92 Å². The Morgan fingerprint density at radius 2 is 1.88 bits per heavy atom. The molecule has 130 valence electrons. The van der Waals surface area contributed by atoms with Crippen molar-refractivity contribution in [1.82, 2.24) is 0 Å². The molecule has 2 unspecified atom stereocenters. The monoisotopic (exact) mass is 463 g/mol. The molecule has 0 saturated heterocycles. The van der Waals surface area contributed by atoms with E-state index in [0.29, 0.717) is 5.56 Å². The molecule has 0 aliphatic carbocycles. The molecule has 2 aromatic rings. The van der Waals surface area contributed by atoms with Gasteiger partial charge in [-0.15, -0.1) is 0 Å². The zero-order chi connectivity index (χ0) is 18.1. The van der Waals surface area contributed by atoms with Crippen LogP contribution in [-0.2, 0) is 11.2 Å². The van der Waals surface area contributed by atoms with Gasteiger partial charge in [-0.2, -0.15) is 0 Å². The van der Waals surface area contributed by atoms with Crippen LogP contribution in [0.1, 0.15) is 36.2 Å². The van der Waals surface area contributed by atoms with Crippen molar-refractivity contribution in [1.29, 1.82) is 0 Å². The number of nitrogens with zero attached hydrogens (tertiary/aromatic N) is 1. The smallest absolute Gasteiger partial charge is 0.230 e. The third-order valence-electron chi connectivity index (χ3n) is 4.55. The molecule has 0 aromatic heterocycles. The minimum absolute atomic E-state index is 0.00923. The van der Waals surface area contributed by atoms with Crippen LogP contribution in [0.5, 0.6) is 0 Å². The minimum Gasteiger partial charge on any atom is -0.309 e. The summed E-state index contributed by atoms with van der Waals surface area (Å²) < 4.78 is 1.88. The molecule has 2 aromatic carbocycles. The van der Waals surface area contributed by atoms with E-state index in [1.165, 1.54) is 5.56 Å². The second-order valence-electron chi connectivity index (χ2n) is 6.57. The average Bonchev–Trinajstić information content (AvgIpc) is 2.88. The molecule has 3 nitrogen and oxygen atoms in total. The maximum atomic E-state index is 13.0. The summed E-state index contributed by atoms with van der Waals surface area (Å²) in [5, 5.41) is 0. The van der Waals surface area contributed by atoms with Crippen molar-refractivity contribution in [2.45, 2.75) is 32.7 Å². The van der Waals surface area contributed by atoms with Gasteiger partial charge in [-0.1, -0.05) is 50.9 Å². The van der Waals surface area contributed by atoms with Gasteiger partial charge in [0.2, 0.25) is 5.91 Å². The van der Waals surface area contributed by atoms with E-state index >= 15 is 0 Å². The van der Waals surface area contributed by atoms with Gasteiger partial charge in [0.25, 0.3) is 0 Å². The number of ketones is 1. The van der Waals surface area contributed by atoms with Crippen LogP contribution in [0.15, 0.2) is 51.4 Å². The number of rotatable bonds is 4. The van der Waals surface area contributed by atoms with E-state index in [4.69, 9.17) is 0 Å². The van der Waals surface area contributed by atoms with Crippen LogP contribution >= 0.6 is 31.9 Å². The topological polar surface area (TPSA) is 37.4 Å². The number of anilines is 1. The van der Waals surface area contributed by atoms with Crippen LogP contribution in [-0.4, -0.2) is 17.7 Å². The highest BCUT2D eigenvalue weighted by molar-refractivity contribution is 9.10. The molecule has 25 heavy (non-hydrogen) atoms. The van der Waals surface area contributed by atoms with Crippen LogP contribution in [0.25, 0.3) is 0 Å². The number of benzene rings is 2. The lowest BCUT2D eigenvalue weighted by atomic mass is 9.98. The summed E-state index contributed by atoms with van der Waals surface area (Å²) in [6.45, 7) is 3.89. The Bertz CT molecular complexity index is 834. The lowest BCUT2D eigenvalue weighted by Crippen LogP contribution is -2.39. The van der Waals surface area contributed by atoms with Gasteiger partial charge in [-0.25, -0.2) is 0 Å². The number of halogens is 2. The summed E-state index contributed by atoms with van der Waals surface area (Å²) in [7, 11) is 0. The number of amides is 1. The maximum Gasteiger partial charge on any atom is 0.230 e. The molecule has 0 spiro atoms. The average molecular weight is 465 g/mol. The van der Waals surface area contributed by atoms with Crippen LogP contribution in [0.2, 0.25) is 0 Å². The van der Waals surface area contributed by atoms with Gasteiger partial charge in [0.15, 0.2) is 5.78 Å². The van der Waals surface area contributed by atoms with Crippen molar-refractivity contribution in [3.05, 3.63) is 62.5 Å². The van der Waals surface area contributed by atoms with Gasteiger partial charge >= 0.3 is 0 Å². The highest BCUT2D eigenvalue weighted by atomic mass is 79.9. The zero-order valence-corrected chi connectivity index (χ0v) is 17.3. The Kier molecular flexibility index (Phi) is 5.44. The second-order valence-corrected chi connectivity index (χ2v) is 8.40. The highest BCUT2D eigenvalue weighted by Crippen LogP contribution is 2.35. The predicted octanol–water partition coefficient (Wildman–Crippen LogP) is 5.40. The first-order valence-corrected chi connectivity index (χ1v) is 9.85. The first-order valence-electron chi connectivity index (χ1n) is 8.27. The summed E-state index contributed by atoms with van der Waals surface area (Å²) >= 11 is 6.86. The number of carbonyl (C=O) groups is 2. The van der Waals surface area contributed by atoms with Gasteiger partial charge in [0.1, 0.15) is 0 Å². The number of fused-ring (bicyclic) bond motifs is 1. The molecular formula is C20H19Br2NO2. The molecule has 0 saturated carbocycles.